The first kappa shape index (κ1) is 18.1. The third-order valence-corrected chi connectivity index (χ3v) is 6.01. The standard InChI is InChI=1S/C22H19ClN4O2/c23-18-3-4-19(25-10-18)22(29)26-11-14-6-17(13-26)20-7-16(8-21(28)27(20)12-14)15-2-1-5-24-9-15/h1-5,7-10,14,17H,6,11-13H2/t14-,17+/m0/s1. The van der Waals surface area contributed by atoms with Gasteiger partial charge >= 0.3 is 0 Å². The minimum absolute atomic E-state index is 0.00944. The van der Waals surface area contributed by atoms with Crippen LogP contribution >= 0.6 is 11.6 Å². The van der Waals surface area contributed by atoms with Crippen molar-refractivity contribution in [3.63, 3.8) is 0 Å². The second-order valence-corrected chi connectivity index (χ2v) is 8.17. The van der Waals surface area contributed by atoms with E-state index >= 15 is 0 Å². The molecule has 1 amide bonds. The lowest BCUT2D eigenvalue weighted by Crippen LogP contribution is -2.49. The third kappa shape index (κ3) is 3.34. The monoisotopic (exact) mass is 406 g/mol. The third-order valence-electron chi connectivity index (χ3n) is 5.78. The molecule has 5 rings (SSSR count). The zero-order valence-corrected chi connectivity index (χ0v) is 16.4. The van der Waals surface area contributed by atoms with Gasteiger partial charge in [-0.05, 0) is 42.2 Å². The highest BCUT2D eigenvalue weighted by atomic mass is 35.5. The van der Waals surface area contributed by atoms with Gasteiger partial charge in [0.25, 0.3) is 11.5 Å². The second-order valence-electron chi connectivity index (χ2n) is 7.73. The molecule has 0 N–H and O–H groups in total. The maximum atomic E-state index is 13.0. The summed E-state index contributed by atoms with van der Waals surface area (Å²) in [7, 11) is 0. The summed E-state index contributed by atoms with van der Waals surface area (Å²) in [5.74, 6) is 0.304. The SMILES string of the molecule is O=C(c1ccc(Cl)cn1)N1C[C@@H]2C[C@H](C1)c1cc(-c3cccnc3)cc(=O)n1C2. The highest BCUT2D eigenvalue weighted by Crippen LogP contribution is 2.36. The highest BCUT2D eigenvalue weighted by molar-refractivity contribution is 6.30. The molecule has 6 nitrogen and oxygen atoms in total. The average molecular weight is 407 g/mol. The van der Waals surface area contributed by atoms with Crippen LogP contribution in [0.2, 0.25) is 5.02 Å². The van der Waals surface area contributed by atoms with Gasteiger partial charge in [-0.25, -0.2) is 4.98 Å². The van der Waals surface area contributed by atoms with Crippen molar-refractivity contribution in [2.75, 3.05) is 13.1 Å². The molecule has 2 aliphatic rings. The lowest BCUT2D eigenvalue weighted by atomic mass is 9.82. The molecule has 7 heteroatoms. The van der Waals surface area contributed by atoms with Crippen LogP contribution in [-0.2, 0) is 6.54 Å². The van der Waals surface area contributed by atoms with E-state index in [-0.39, 0.29) is 23.3 Å². The lowest BCUT2D eigenvalue weighted by Gasteiger charge is -2.42. The summed E-state index contributed by atoms with van der Waals surface area (Å²) in [5, 5.41) is 0.508. The first-order chi connectivity index (χ1) is 14.1. The lowest BCUT2D eigenvalue weighted by molar-refractivity contribution is 0.0589. The fraction of sp³-hybridized carbons (Fsp3) is 0.273. The summed E-state index contributed by atoms with van der Waals surface area (Å²) in [6.45, 7) is 1.85. The Labute approximate surface area is 172 Å². The van der Waals surface area contributed by atoms with Crippen LogP contribution in [0.25, 0.3) is 11.1 Å². The number of aromatic nitrogens is 3. The molecule has 3 aromatic rings. The summed E-state index contributed by atoms with van der Waals surface area (Å²) in [6, 6.07) is 10.9. The number of nitrogens with zero attached hydrogens (tertiary/aromatic N) is 4. The number of carbonyl (C=O) groups excluding carboxylic acids is 1. The van der Waals surface area contributed by atoms with Crippen molar-refractivity contribution < 1.29 is 4.79 Å². The second kappa shape index (κ2) is 7.12. The summed E-state index contributed by atoms with van der Waals surface area (Å²) >= 11 is 5.89. The summed E-state index contributed by atoms with van der Waals surface area (Å²) in [5.41, 5.74) is 3.19. The Morgan fingerprint density at radius 1 is 1.07 bits per heavy atom. The number of hydrogen-bond donors (Lipinski definition) is 0. The molecular weight excluding hydrogens is 388 g/mol. The molecule has 5 heterocycles. The number of fused-ring (bicyclic) bond motifs is 4. The van der Waals surface area contributed by atoms with Gasteiger partial charge in [0.2, 0.25) is 0 Å². The fourth-order valence-electron chi connectivity index (χ4n) is 4.49. The normalized spacial score (nSPS) is 20.2. The van der Waals surface area contributed by atoms with E-state index in [1.165, 1.54) is 6.20 Å². The number of rotatable bonds is 2. The van der Waals surface area contributed by atoms with Crippen molar-refractivity contribution in [3.05, 3.63) is 81.8 Å². The van der Waals surface area contributed by atoms with Gasteiger partial charge in [0.15, 0.2) is 0 Å². The van der Waals surface area contributed by atoms with Gasteiger partial charge in [-0.1, -0.05) is 17.7 Å². The van der Waals surface area contributed by atoms with Gasteiger partial charge in [-0.2, -0.15) is 0 Å². The van der Waals surface area contributed by atoms with Gasteiger partial charge in [-0.3, -0.25) is 14.6 Å². The van der Waals surface area contributed by atoms with E-state index in [1.54, 1.807) is 30.6 Å². The Balaban J connectivity index is 1.48. The maximum absolute atomic E-state index is 13.0. The quantitative estimate of drug-likeness (QED) is 0.655. The van der Waals surface area contributed by atoms with Gasteiger partial charge in [0, 0.05) is 61.5 Å². The van der Waals surface area contributed by atoms with Crippen LogP contribution in [0.5, 0.6) is 0 Å². The molecule has 146 valence electrons. The summed E-state index contributed by atoms with van der Waals surface area (Å²) in [6.07, 6.45) is 5.96. The van der Waals surface area contributed by atoms with E-state index in [0.717, 1.165) is 23.2 Å². The van der Waals surface area contributed by atoms with Crippen molar-refractivity contribution in [1.29, 1.82) is 0 Å². The van der Waals surface area contributed by atoms with Crippen molar-refractivity contribution in [2.45, 2.75) is 18.9 Å². The molecule has 0 saturated carbocycles. The zero-order valence-electron chi connectivity index (χ0n) is 15.7. The molecule has 0 unspecified atom stereocenters. The Bertz CT molecular complexity index is 1130. The summed E-state index contributed by atoms with van der Waals surface area (Å²) in [4.78, 5) is 35.9. The van der Waals surface area contributed by atoms with Gasteiger partial charge in [-0.15, -0.1) is 0 Å². The van der Waals surface area contributed by atoms with Gasteiger partial charge < -0.3 is 9.47 Å². The predicted molar refractivity (Wildman–Crippen MR) is 110 cm³/mol. The van der Waals surface area contributed by atoms with E-state index in [4.69, 9.17) is 11.6 Å². The molecule has 0 aliphatic carbocycles. The van der Waals surface area contributed by atoms with E-state index in [1.807, 2.05) is 21.6 Å². The van der Waals surface area contributed by atoms with Crippen molar-refractivity contribution >= 4 is 17.5 Å². The molecule has 29 heavy (non-hydrogen) atoms. The topological polar surface area (TPSA) is 68.1 Å². The number of amides is 1. The molecule has 2 bridgehead atoms. The number of piperidine rings is 1. The van der Waals surface area contributed by atoms with Gasteiger partial charge in [0.05, 0.1) is 5.02 Å². The maximum Gasteiger partial charge on any atom is 0.272 e. The van der Waals surface area contributed by atoms with Gasteiger partial charge in [0.1, 0.15) is 5.69 Å². The highest BCUT2D eigenvalue weighted by Gasteiger charge is 2.37. The van der Waals surface area contributed by atoms with E-state index in [0.29, 0.717) is 30.4 Å². The molecule has 2 aliphatic heterocycles. The average Bonchev–Trinajstić information content (AvgIpc) is 2.75. The molecule has 1 fully saturated rings. The molecule has 3 aromatic heterocycles. The smallest absolute Gasteiger partial charge is 0.272 e. The molecule has 1 saturated heterocycles. The van der Waals surface area contributed by atoms with Crippen LogP contribution in [-0.4, -0.2) is 38.4 Å². The van der Waals surface area contributed by atoms with Crippen molar-refractivity contribution in [3.8, 4) is 11.1 Å². The molecule has 2 atom stereocenters. The molecule has 0 aromatic carbocycles. The van der Waals surface area contributed by atoms with Crippen LogP contribution in [0.15, 0.2) is 59.8 Å². The zero-order chi connectivity index (χ0) is 20.0. The first-order valence-corrected chi connectivity index (χ1v) is 10.0. The largest absolute Gasteiger partial charge is 0.336 e. The van der Waals surface area contributed by atoms with Crippen molar-refractivity contribution in [2.24, 2.45) is 5.92 Å². The molecule has 0 radical (unpaired) electrons. The number of likely N-dealkylation sites (tertiary alicyclic amines) is 1. The number of hydrogen-bond acceptors (Lipinski definition) is 4. The summed E-state index contributed by atoms with van der Waals surface area (Å²) < 4.78 is 1.88. The Morgan fingerprint density at radius 3 is 2.72 bits per heavy atom. The first-order valence-electron chi connectivity index (χ1n) is 9.64. The number of halogens is 1. The predicted octanol–water partition coefficient (Wildman–Crippen LogP) is 3.22. The van der Waals surface area contributed by atoms with Crippen LogP contribution in [0.3, 0.4) is 0 Å². The van der Waals surface area contributed by atoms with E-state index in [2.05, 4.69) is 16.0 Å². The molecular formula is C22H19ClN4O2. The fourth-order valence-corrected chi connectivity index (χ4v) is 4.60. The Kier molecular flexibility index (Phi) is 4.43. The van der Waals surface area contributed by atoms with E-state index < -0.39 is 0 Å². The Morgan fingerprint density at radius 2 is 1.97 bits per heavy atom. The van der Waals surface area contributed by atoms with E-state index in [9.17, 15) is 9.59 Å². The van der Waals surface area contributed by atoms with Crippen LogP contribution in [0.1, 0.15) is 28.5 Å². The molecule has 0 spiro atoms. The number of pyridine rings is 3. The Hall–Kier alpha value is -2.99. The minimum atomic E-state index is -0.0874. The van der Waals surface area contributed by atoms with Crippen LogP contribution in [0.4, 0.5) is 0 Å². The van der Waals surface area contributed by atoms with Crippen LogP contribution in [0, 0.1) is 5.92 Å². The van der Waals surface area contributed by atoms with Crippen LogP contribution < -0.4 is 5.56 Å². The number of carbonyl (C=O) groups is 1. The minimum Gasteiger partial charge on any atom is -0.336 e. The van der Waals surface area contributed by atoms with Crippen molar-refractivity contribution in [1.82, 2.24) is 19.4 Å².